The third-order valence-electron chi connectivity index (χ3n) is 3.41. The highest BCUT2D eigenvalue weighted by molar-refractivity contribution is 9.09. The van der Waals surface area contributed by atoms with Crippen LogP contribution in [0.15, 0.2) is 12.4 Å². The summed E-state index contributed by atoms with van der Waals surface area (Å²) in [7, 11) is 0. The molecule has 0 bridgehead atoms. The van der Waals surface area contributed by atoms with Gasteiger partial charge in [-0.15, -0.1) is 0 Å². The largest absolute Gasteiger partial charge is 0.353 e. The van der Waals surface area contributed by atoms with Crippen LogP contribution in [0.25, 0.3) is 0 Å². The van der Waals surface area contributed by atoms with Crippen molar-refractivity contribution in [3.8, 4) is 0 Å². The Hall–Kier alpha value is -0.780. The molecule has 94 valence electrons. The number of Topliss-reactive ketones (excluding diaryl/α,β-unsaturated/α-hetero) is 1. The highest BCUT2D eigenvalue weighted by Crippen LogP contribution is 2.38. The molecular formula is C11H13BrF2N2O. The van der Waals surface area contributed by atoms with Crippen LogP contribution < -0.4 is 0 Å². The van der Waals surface area contributed by atoms with Crippen molar-refractivity contribution in [2.45, 2.75) is 37.6 Å². The molecule has 1 aliphatic rings. The van der Waals surface area contributed by atoms with Gasteiger partial charge in [0.2, 0.25) is 0 Å². The van der Waals surface area contributed by atoms with Crippen LogP contribution in [0.4, 0.5) is 8.78 Å². The van der Waals surface area contributed by atoms with Crippen molar-refractivity contribution in [1.29, 1.82) is 0 Å². The predicted octanol–water partition coefficient (Wildman–Crippen LogP) is 2.84. The Morgan fingerprint density at radius 3 is 2.88 bits per heavy atom. The van der Waals surface area contributed by atoms with Gasteiger partial charge in [-0.05, 0) is 19.8 Å². The van der Waals surface area contributed by atoms with Crippen LogP contribution >= 0.6 is 15.9 Å². The van der Waals surface area contributed by atoms with E-state index in [1.54, 1.807) is 6.92 Å². The van der Waals surface area contributed by atoms with Crippen LogP contribution in [0.2, 0.25) is 0 Å². The van der Waals surface area contributed by atoms with Gasteiger partial charge in [-0.3, -0.25) is 4.79 Å². The number of halogens is 3. The van der Waals surface area contributed by atoms with Gasteiger partial charge in [0.05, 0.1) is 16.9 Å². The highest BCUT2D eigenvalue weighted by Gasteiger charge is 2.41. The summed E-state index contributed by atoms with van der Waals surface area (Å²) in [4.78, 5) is 11.8. The molecule has 0 aliphatic heterocycles. The Morgan fingerprint density at radius 2 is 2.35 bits per heavy atom. The fourth-order valence-corrected chi connectivity index (χ4v) is 2.43. The number of aromatic nitrogens is 2. The summed E-state index contributed by atoms with van der Waals surface area (Å²) in [6.45, 7) is 1.80. The summed E-state index contributed by atoms with van der Waals surface area (Å²) in [6.07, 6.45) is 4.70. The molecular weight excluding hydrogens is 294 g/mol. The Bertz CT molecular complexity index is 446. The standard InChI is InChI=1S/C11H13BrF2N2O/c1-10(4-2-3-9(10)17)8-5-15-16(6-8)11(13,14)7-12/h5-6H,2-4,7H2,1H3. The maximum Gasteiger partial charge on any atom is 0.353 e. The van der Waals surface area contributed by atoms with Gasteiger partial charge in [-0.25, -0.2) is 4.68 Å². The predicted molar refractivity (Wildman–Crippen MR) is 62.4 cm³/mol. The molecule has 0 radical (unpaired) electrons. The first-order valence-corrected chi connectivity index (χ1v) is 6.55. The van der Waals surface area contributed by atoms with Crippen LogP contribution in [-0.4, -0.2) is 20.9 Å². The minimum absolute atomic E-state index is 0.110. The molecule has 1 fully saturated rings. The molecule has 2 rings (SSSR count). The average molecular weight is 307 g/mol. The van der Waals surface area contributed by atoms with Gasteiger partial charge in [0.15, 0.2) is 0 Å². The molecule has 1 aliphatic carbocycles. The smallest absolute Gasteiger partial charge is 0.299 e. The summed E-state index contributed by atoms with van der Waals surface area (Å²) in [5.41, 5.74) is -0.0543. The lowest BCUT2D eigenvalue weighted by atomic mass is 9.82. The van der Waals surface area contributed by atoms with Crippen molar-refractivity contribution in [2.75, 3.05) is 5.33 Å². The van der Waals surface area contributed by atoms with E-state index in [2.05, 4.69) is 21.0 Å². The van der Waals surface area contributed by atoms with Crippen molar-refractivity contribution >= 4 is 21.7 Å². The molecule has 1 atom stereocenters. The van der Waals surface area contributed by atoms with Gasteiger partial charge in [0.1, 0.15) is 5.78 Å². The van der Waals surface area contributed by atoms with E-state index in [1.807, 2.05) is 0 Å². The second-order valence-corrected chi connectivity index (χ2v) is 5.14. The zero-order valence-corrected chi connectivity index (χ0v) is 11.0. The normalized spacial score (nSPS) is 25.5. The van der Waals surface area contributed by atoms with Gasteiger partial charge < -0.3 is 0 Å². The fraction of sp³-hybridized carbons (Fsp3) is 0.636. The molecule has 1 heterocycles. The molecule has 1 saturated carbocycles. The summed E-state index contributed by atoms with van der Waals surface area (Å²) in [5.74, 6) is 0.110. The zero-order valence-electron chi connectivity index (χ0n) is 9.42. The first kappa shape index (κ1) is 12.7. The lowest BCUT2D eigenvalue weighted by Crippen LogP contribution is -2.27. The Balaban J connectivity index is 2.33. The van der Waals surface area contributed by atoms with Crippen LogP contribution in [0.1, 0.15) is 31.7 Å². The number of hydrogen-bond acceptors (Lipinski definition) is 2. The Morgan fingerprint density at radius 1 is 1.65 bits per heavy atom. The maximum atomic E-state index is 13.4. The maximum absolute atomic E-state index is 13.4. The number of alkyl halides is 3. The summed E-state index contributed by atoms with van der Waals surface area (Å²) < 4.78 is 27.4. The Kier molecular flexibility index (Phi) is 3.10. The molecule has 1 aromatic heterocycles. The number of hydrogen-bond donors (Lipinski definition) is 0. The van der Waals surface area contributed by atoms with E-state index in [1.165, 1.54) is 12.4 Å². The molecule has 0 spiro atoms. The van der Waals surface area contributed by atoms with Crippen molar-refractivity contribution in [3.63, 3.8) is 0 Å². The van der Waals surface area contributed by atoms with Crippen LogP contribution in [0, 0.1) is 0 Å². The minimum Gasteiger partial charge on any atom is -0.299 e. The van der Waals surface area contributed by atoms with Crippen LogP contribution in [-0.2, 0) is 16.3 Å². The minimum atomic E-state index is -3.06. The highest BCUT2D eigenvalue weighted by atomic mass is 79.9. The van der Waals surface area contributed by atoms with Crippen molar-refractivity contribution in [2.24, 2.45) is 0 Å². The number of carbonyl (C=O) groups is 1. The van der Waals surface area contributed by atoms with Gasteiger partial charge in [-0.1, -0.05) is 15.9 Å². The average Bonchev–Trinajstić information content (AvgIpc) is 2.88. The topological polar surface area (TPSA) is 34.9 Å². The molecule has 17 heavy (non-hydrogen) atoms. The summed E-state index contributed by atoms with van der Waals surface area (Å²) >= 11 is 2.75. The van der Waals surface area contributed by atoms with E-state index >= 15 is 0 Å². The van der Waals surface area contributed by atoms with E-state index in [-0.39, 0.29) is 5.78 Å². The number of nitrogens with zero attached hydrogens (tertiary/aromatic N) is 2. The van der Waals surface area contributed by atoms with E-state index in [0.717, 1.165) is 6.42 Å². The first-order valence-electron chi connectivity index (χ1n) is 5.43. The monoisotopic (exact) mass is 306 g/mol. The molecule has 1 unspecified atom stereocenters. The van der Waals surface area contributed by atoms with Crippen LogP contribution in [0.5, 0.6) is 0 Å². The third-order valence-corrected chi connectivity index (χ3v) is 4.09. The lowest BCUT2D eigenvalue weighted by Gasteiger charge is -2.20. The first-order chi connectivity index (χ1) is 7.90. The van der Waals surface area contributed by atoms with Crippen molar-refractivity contribution in [3.05, 3.63) is 18.0 Å². The zero-order chi connectivity index (χ0) is 12.7. The molecule has 0 saturated heterocycles. The summed E-state index contributed by atoms with van der Waals surface area (Å²) in [5, 5.41) is 3.17. The van der Waals surface area contributed by atoms with Gasteiger partial charge in [0.25, 0.3) is 0 Å². The third kappa shape index (κ3) is 2.03. The molecule has 6 heteroatoms. The van der Waals surface area contributed by atoms with Gasteiger partial charge in [-0.2, -0.15) is 13.9 Å². The van der Waals surface area contributed by atoms with E-state index in [9.17, 15) is 13.6 Å². The Labute approximate surface area is 106 Å². The van der Waals surface area contributed by atoms with E-state index in [0.29, 0.717) is 23.1 Å². The SMILES string of the molecule is CC1(c2cnn(C(F)(F)CBr)c2)CCCC1=O. The van der Waals surface area contributed by atoms with Gasteiger partial charge >= 0.3 is 6.05 Å². The lowest BCUT2D eigenvalue weighted by molar-refractivity contribution is -0.121. The summed E-state index contributed by atoms with van der Waals surface area (Å²) in [6, 6.07) is -3.06. The van der Waals surface area contributed by atoms with Gasteiger partial charge in [0, 0.05) is 18.2 Å². The fourth-order valence-electron chi connectivity index (χ4n) is 2.17. The molecule has 3 nitrogen and oxygen atoms in total. The second-order valence-electron chi connectivity index (χ2n) is 4.58. The number of ketones is 1. The molecule has 1 aromatic rings. The molecule has 0 N–H and O–H groups in total. The number of carbonyl (C=O) groups excluding carboxylic acids is 1. The quantitative estimate of drug-likeness (QED) is 0.805. The van der Waals surface area contributed by atoms with Crippen molar-refractivity contribution < 1.29 is 13.6 Å². The molecule has 0 aromatic carbocycles. The molecule has 0 amide bonds. The van der Waals surface area contributed by atoms with E-state index in [4.69, 9.17) is 0 Å². The number of rotatable bonds is 3. The second kappa shape index (κ2) is 4.15. The van der Waals surface area contributed by atoms with Crippen molar-refractivity contribution in [1.82, 2.24) is 9.78 Å². The van der Waals surface area contributed by atoms with Crippen LogP contribution in [0.3, 0.4) is 0 Å². The van der Waals surface area contributed by atoms with E-state index < -0.39 is 16.8 Å².